The van der Waals surface area contributed by atoms with Crippen LogP contribution in [0.2, 0.25) is 0 Å². The van der Waals surface area contributed by atoms with Gasteiger partial charge >= 0.3 is 0 Å². The van der Waals surface area contributed by atoms with Crippen molar-refractivity contribution in [1.29, 1.82) is 0 Å². The third-order valence-corrected chi connectivity index (χ3v) is 3.60. The maximum absolute atomic E-state index is 13.4. The summed E-state index contributed by atoms with van der Waals surface area (Å²) in [7, 11) is 0. The highest BCUT2D eigenvalue weighted by molar-refractivity contribution is 7.99. The van der Waals surface area contributed by atoms with Gasteiger partial charge in [0.05, 0.1) is 6.61 Å². The van der Waals surface area contributed by atoms with Crippen LogP contribution in [0.25, 0.3) is 0 Å². The molecule has 0 spiro atoms. The Kier molecular flexibility index (Phi) is 5.58. The molecular formula is C12H18FNO2S. The highest BCUT2D eigenvalue weighted by atomic mass is 32.2. The van der Waals surface area contributed by atoms with Crippen LogP contribution in [0.1, 0.15) is 13.8 Å². The Labute approximate surface area is 105 Å². The standard InChI is InChI=1S/C12H18FNO2S/c1-3-16-11-5-12(10(14)4-9(11)13)17-7-8(2)6-15/h4-5,8,15H,3,6-7,14H2,1-2H3. The highest BCUT2D eigenvalue weighted by Gasteiger charge is 2.10. The van der Waals surface area contributed by atoms with Gasteiger partial charge in [0.15, 0.2) is 11.6 Å². The number of aliphatic hydroxyl groups is 1. The van der Waals surface area contributed by atoms with Gasteiger partial charge in [-0.2, -0.15) is 0 Å². The lowest BCUT2D eigenvalue weighted by molar-refractivity contribution is 0.250. The molecule has 17 heavy (non-hydrogen) atoms. The summed E-state index contributed by atoms with van der Waals surface area (Å²) in [6.45, 7) is 4.29. The van der Waals surface area contributed by atoms with Gasteiger partial charge in [-0.05, 0) is 18.9 Å². The van der Waals surface area contributed by atoms with Crippen molar-refractivity contribution >= 4 is 17.4 Å². The van der Waals surface area contributed by atoms with E-state index in [0.29, 0.717) is 12.3 Å². The first kappa shape index (κ1) is 14.1. The van der Waals surface area contributed by atoms with Crippen LogP contribution in [0.15, 0.2) is 17.0 Å². The fraction of sp³-hybridized carbons (Fsp3) is 0.500. The van der Waals surface area contributed by atoms with Crippen molar-refractivity contribution in [3.05, 3.63) is 17.9 Å². The quantitative estimate of drug-likeness (QED) is 0.609. The molecule has 0 aliphatic rings. The third kappa shape index (κ3) is 4.09. The van der Waals surface area contributed by atoms with Crippen molar-refractivity contribution in [2.75, 3.05) is 24.7 Å². The largest absolute Gasteiger partial charge is 0.491 e. The smallest absolute Gasteiger partial charge is 0.167 e. The molecule has 96 valence electrons. The lowest BCUT2D eigenvalue weighted by Gasteiger charge is -2.12. The number of aliphatic hydroxyl groups excluding tert-OH is 1. The van der Waals surface area contributed by atoms with Crippen LogP contribution in [0, 0.1) is 11.7 Å². The van der Waals surface area contributed by atoms with E-state index < -0.39 is 5.82 Å². The number of ether oxygens (including phenoxy) is 1. The summed E-state index contributed by atoms with van der Waals surface area (Å²) >= 11 is 1.50. The molecule has 0 bridgehead atoms. The molecule has 1 aromatic rings. The topological polar surface area (TPSA) is 55.5 Å². The lowest BCUT2D eigenvalue weighted by Crippen LogP contribution is -2.04. The summed E-state index contributed by atoms with van der Waals surface area (Å²) in [5, 5.41) is 8.94. The van der Waals surface area contributed by atoms with Gasteiger partial charge in [0.1, 0.15) is 0 Å². The SMILES string of the molecule is CCOc1cc(SCC(C)CO)c(N)cc1F. The molecule has 5 heteroatoms. The van der Waals surface area contributed by atoms with Crippen LogP contribution < -0.4 is 10.5 Å². The van der Waals surface area contributed by atoms with Crippen LogP contribution in [0.4, 0.5) is 10.1 Å². The monoisotopic (exact) mass is 259 g/mol. The van der Waals surface area contributed by atoms with Crippen LogP contribution >= 0.6 is 11.8 Å². The molecule has 0 aromatic heterocycles. The summed E-state index contributed by atoms with van der Waals surface area (Å²) in [4.78, 5) is 0.787. The van der Waals surface area contributed by atoms with Gasteiger partial charge in [0, 0.05) is 29.0 Å². The van der Waals surface area contributed by atoms with Crippen molar-refractivity contribution in [1.82, 2.24) is 0 Å². The van der Waals surface area contributed by atoms with Gasteiger partial charge < -0.3 is 15.6 Å². The van der Waals surface area contributed by atoms with Gasteiger partial charge in [-0.15, -0.1) is 11.8 Å². The number of halogens is 1. The molecule has 0 saturated carbocycles. The van der Waals surface area contributed by atoms with Crippen LogP contribution in [-0.2, 0) is 0 Å². The molecule has 1 aromatic carbocycles. The first-order valence-electron chi connectivity index (χ1n) is 5.54. The summed E-state index contributed by atoms with van der Waals surface area (Å²) < 4.78 is 18.6. The molecule has 0 amide bonds. The molecule has 1 atom stereocenters. The van der Waals surface area contributed by atoms with Crippen molar-refractivity contribution < 1.29 is 14.2 Å². The highest BCUT2D eigenvalue weighted by Crippen LogP contribution is 2.32. The van der Waals surface area contributed by atoms with Gasteiger partial charge in [-0.25, -0.2) is 4.39 Å². The minimum atomic E-state index is -0.441. The van der Waals surface area contributed by atoms with Gasteiger partial charge in [0.2, 0.25) is 0 Å². The Morgan fingerprint density at radius 1 is 1.53 bits per heavy atom. The fourth-order valence-corrected chi connectivity index (χ4v) is 2.21. The molecule has 0 aliphatic carbocycles. The van der Waals surface area contributed by atoms with E-state index in [9.17, 15) is 4.39 Å². The van der Waals surface area contributed by atoms with Gasteiger partial charge in [-0.3, -0.25) is 0 Å². The fourth-order valence-electron chi connectivity index (χ4n) is 1.23. The molecule has 0 saturated heterocycles. The number of benzene rings is 1. The number of hydrogen-bond acceptors (Lipinski definition) is 4. The van der Waals surface area contributed by atoms with E-state index in [4.69, 9.17) is 15.6 Å². The van der Waals surface area contributed by atoms with E-state index in [2.05, 4.69) is 0 Å². The predicted molar refractivity (Wildman–Crippen MR) is 69.0 cm³/mol. The number of anilines is 1. The summed E-state index contributed by atoms with van der Waals surface area (Å²) in [6.07, 6.45) is 0. The molecule has 0 fully saturated rings. The van der Waals surface area contributed by atoms with Crippen molar-refractivity contribution in [3.63, 3.8) is 0 Å². The lowest BCUT2D eigenvalue weighted by atomic mass is 10.2. The maximum Gasteiger partial charge on any atom is 0.167 e. The third-order valence-electron chi connectivity index (χ3n) is 2.20. The molecule has 0 radical (unpaired) electrons. The molecule has 1 unspecified atom stereocenters. The number of rotatable bonds is 6. The Hall–Kier alpha value is -0.940. The van der Waals surface area contributed by atoms with Crippen molar-refractivity contribution in [2.45, 2.75) is 18.7 Å². The van der Waals surface area contributed by atoms with Crippen LogP contribution in [0.3, 0.4) is 0 Å². The second-order valence-electron chi connectivity index (χ2n) is 3.85. The average Bonchev–Trinajstić information content (AvgIpc) is 2.30. The predicted octanol–water partition coefficient (Wildman–Crippen LogP) is 2.53. The zero-order chi connectivity index (χ0) is 12.8. The Bertz CT molecular complexity index is 374. The van der Waals surface area contributed by atoms with Crippen LogP contribution in [0.5, 0.6) is 5.75 Å². The zero-order valence-corrected chi connectivity index (χ0v) is 10.9. The summed E-state index contributed by atoms with van der Waals surface area (Å²) in [5.74, 6) is 0.697. The van der Waals surface area contributed by atoms with Crippen molar-refractivity contribution in [2.24, 2.45) is 5.92 Å². The molecule has 3 nitrogen and oxygen atoms in total. The Morgan fingerprint density at radius 2 is 2.24 bits per heavy atom. The second-order valence-corrected chi connectivity index (χ2v) is 4.91. The van der Waals surface area contributed by atoms with E-state index in [0.717, 1.165) is 10.6 Å². The van der Waals surface area contributed by atoms with E-state index in [1.807, 2.05) is 6.92 Å². The second kappa shape index (κ2) is 6.71. The normalized spacial score (nSPS) is 12.5. The van der Waals surface area contributed by atoms with Gasteiger partial charge in [0.25, 0.3) is 0 Å². The van der Waals surface area contributed by atoms with E-state index in [1.165, 1.54) is 17.8 Å². The van der Waals surface area contributed by atoms with Crippen LogP contribution in [-0.4, -0.2) is 24.1 Å². The minimum absolute atomic E-state index is 0.131. The maximum atomic E-state index is 13.4. The Balaban J connectivity index is 2.80. The number of nitrogens with two attached hydrogens (primary N) is 1. The Morgan fingerprint density at radius 3 is 2.82 bits per heavy atom. The van der Waals surface area contributed by atoms with E-state index >= 15 is 0 Å². The number of hydrogen-bond donors (Lipinski definition) is 2. The summed E-state index contributed by atoms with van der Waals surface area (Å²) in [5.41, 5.74) is 6.14. The minimum Gasteiger partial charge on any atom is -0.491 e. The molecular weight excluding hydrogens is 241 g/mol. The zero-order valence-electron chi connectivity index (χ0n) is 10.1. The first-order valence-corrected chi connectivity index (χ1v) is 6.52. The molecule has 0 heterocycles. The van der Waals surface area contributed by atoms with Crippen molar-refractivity contribution in [3.8, 4) is 5.75 Å². The number of thioether (sulfide) groups is 1. The summed E-state index contributed by atoms with van der Waals surface area (Å²) in [6, 6.07) is 2.89. The molecule has 1 rings (SSSR count). The van der Waals surface area contributed by atoms with E-state index in [1.54, 1.807) is 13.0 Å². The van der Waals surface area contributed by atoms with E-state index in [-0.39, 0.29) is 18.3 Å². The molecule has 0 aliphatic heterocycles. The number of nitrogen functional groups attached to an aromatic ring is 1. The first-order chi connectivity index (χ1) is 8.08. The average molecular weight is 259 g/mol. The van der Waals surface area contributed by atoms with Gasteiger partial charge in [-0.1, -0.05) is 6.92 Å². The molecule has 3 N–H and O–H groups in total.